The van der Waals surface area contributed by atoms with Crippen LogP contribution < -0.4 is 10.6 Å². The highest BCUT2D eigenvalue weighted by molar-refractivity contribution is 5.76. The zero-order valence-electron chi connectivity index (χ0n) is 11.4. The Balaban J connectivity index is 3.95. The standard InChI is InChI=1S/C12H26N2O2/c1-11(2,14-6)7-8-16-12(3,4)9-10(15)13-5/h14H,7-9H2,1-6H3,(H,13,15). The lowest BCUT2D eigenvalue weighted by molar-refractivity contribution is -0.127. The van der Waals surface area contributed by atoms with E-state index in [9.17, 15) is 4.79 Å². The van der Waals surface area contributed by atoms with Crippen LogP contribution in [-0.2, 0) is 9.53 Å². The number of rotatable bonds is 7. The Morgan fingerprint density at radius 2 is 1.75 bits per heavy atom. The molecule has 0 aromatic carbocycles. The molecule has 0 unspecified atom stereocenters. The molecule has 0 spiro atoms. The summed E-state index contributed by atoms with van der Waals surface area (Å²) in [7, 11) is 3.58. The third-order valence-electron chi connectivity index (χ3n) is 2.76. The smallest absolute Gasteiger partial charge is 0.222 e. The molecule has 0 aliphatic heterocycles. The third kappa shape index (κ3) is 6.80. The van der Waals surface area contributed by atoms with Crippen LogP contribution in [0.15, 0.2) is 0 Å². The molecule has 0 aliphatic rings. The summed E-state index contributed by atoms with van der Waals surface area (Å²) in [5.74, 6) is 0.0119. The molecule has 0 heterocycles. The molecule has 0 bridgehead atoms. The van der Waals surface area contributed by atoms with E-state index in [0.29, 0.717) is 13.0 Å². The van der Waals surface area contributed by atoms with Gasteiger partial charge in [0.05, 0.1) is 12.0 Å². The van der Waals surface area contributed by atoms with E-state index in [2.05, 4.69) is 24.5 Å². The topological polar surface area (TPSA) is 50.4 Å². The number of hydrogen-bond donors (Lipinski definition) is 2. The van der Waals surface area contributed by atoms with E-state index in [0.717, 1.165) is 6.42 Å². The lowest BCUT2D eigenvalue weighted by Gasteiger charge is -2.28. The van der Waals surface area contributed by atoms with E-state index in [1.807, 2.05) is 20.9 Å². The average molecular weight is 230 g/mol. The van der Waals surface area contributed by atoms with Crippen molar-refractivity contribution in [3.8, 4) is 0 Å². The van der Waals surface area contributed by atoms with Gasteiger partial charge in [0.25, 0.3) is 0 Å². The van der Waals surface area contributed by atoms with E-state index in [-0.39, 0.29) is 11.4 Å². The Hall–Kier alpha value is -0.610. The predicted octanol–water partition coefficient (Wildman–Crippen LogP) is 1.31. The normalized spacial score (nSPS) is 12.6. The maximum Gasteiger partial charge on any atom is 0.222 e. The van der Waals surface area contributed by atoms with Crippen LogP contribution in [0.1, 0.15) is 40.5 Å². The van der Waals surface area contributed by atoms with Gasteiger partial charge in [-0.05, 0) is 41.2 Å². The summed E-state index contributed by atoms with van der Waals surface area (Å²) < 4.78 is 5.74. The van der Waals surface area contributed by atoms with Crippen LogP contribution in [0.4, 0.5) is 0 Å². The van der Waals surface area contributed by atoms with Crippen LogP contribution in [-0.4, -0.2) is 37.7 Å². The largest absolute Gasteiger partial charge is 0.375 e. The first-order chi connectivity index (χ1) is 7.22. The zero-order valence-corrected chi connectivity index (χ0v) is 11.4. The SMILES string of the molecule is CNC(=O)CC(C)(C)OCCC(C)(C)NC. The van der Waals surface area contributed by atoms with Crippen LogP contribution in [0, 0.1) is 0 Å². The number of nitrogens with one attached hydrogen (secondary N) is 2. The lowest BCUT2D eigenvalue weighted by Crippen LogP contribution is -2.39. The van der Waals surface area contributed by atoms with Gasteiger partial charge in [0, 0.05) is 19.2 Å². The summed E-state index contributed by atoms with van der Waals surface area (Å²) in [6.45, 7) is 8.78. The first-order valence-corrected chi connectivity index (χ1v) is 5.76. The molecule has 4 heteroatoms. The predicted molar refractivity (Wildman–Crippen MR) is 66.5 cm³/mol. The van der Waals surface area contributed by atoms with E-state index in [4.69, 9.17) is 4.74 Å². The molecule has 0 aromatic heterocycles. The molecule has 4 nitrogen and oxygen atoms in total. The van der Waals surface area contributed by atoms with Crippen molar-refractivity contribution >= 4 is 5.91 Å². The van der Waals surface area contributed by atoms with E-state index < -0.39 is 5.60 Å². The number of ether oxygens (including phenoxy) is 1. The third-order valence-corrected chi connectivity index (χ3v) is 2.76. The maximum absolute atomic E-state index is 11.2. The molecule has 2 N–H and O–H groups in total. The van der Waals surface area contributed by atoms with E-state index in [1.165, 1.54) is 0 Å². The van der Waals surface area contributed by atoms with Crippen LogP contribution in [0.5, 0.6) is 0 Å². The van der Waals surface area contributed by atoms with Crippen molar-refractivity contribution in [2.24, 2.45) is 0 Å². The van der Waals surface area contributed by atoms with Gasteiger partial charge in [0.2, 0.25) is 5.91 Å². The van der Waals surface area contributed by atoms with Gasteiger partial charge in [0.15, 0.2) is 0 Å². The van der Waals surface area contributed by atoms with Gasteiger partial charge in [-0.25, -0.2) is 0 Å². The van der Waals surface area contributed by atoms with Crippen molar-refractivity contribution in [3.63, 3.8) is 0 Å². The summed E-state index contributed by atoms with van der Waals surface area (Å²) in [5, 5.41) is 5.83. The molecule has 0 aliphatic carbocycles. The molecule has 1 amide bonds. The van der Waals surface area contributed by atoms with Gasteiger partial charge in [-0.3, -0.25) is 4.79 Å². The highest BCUT2D eigenvalue weighted by Crippen LogP contribution is 2.16. The summed E-state index contributed by atoms with van der Waals surface area (Å²) in [6, 6.07) is 0. The van der Waals surface area contributed by atoms with Gasteiger partial charge in [-0.2, -0.15) is 0 Å². The Morgan fingerprint density at radius 1 is 1.19 bits per heavy atom. The van der Waals surface area contributed by atoms with E-state index in [1.54, 1.807) is 7.05 Å². The van der Waals surface area contributed by atoms with Crippen LogP contribution in [0.2, 0.25) is 0 Å². The Labute approximate surface area is 99.1 Å². The summed E-state index contributed by atoms with van der Waals surface area (Å²) in [6.07, 6.45) is 1.31. The number of carbonyl (C=O) groups excluding carboxylic acids is 1. The summed E-state index contributed by atoms with van der Waals surface area (Å²) in [4.78, 5) is 11.2. The number of carbonyl (C=O) groups is 1. The van der Waals surface area contributed by atoms with Crippen molar-refractivity contribution in [1.82, 2.24) is 10.6 Å². The van der Waals surface area contributed by atoms with Crippen LogP contribution in [0.25, 0.3) is 0 Å². The molecule has 0 aromatic rings. The molecule has 96 valence electrons. The van der Waals surface area contributed by atoms with Gasteiger partial charge in [-0.15, -0.1) is 0 Å². The van der Waals surface area contributed by atoms with Crippen molar-refractivity contribution in [2.75, 3.05) is 20.7 Å². The first-order valence-electron chi connectivity index (χ1n) is 5.76. The summed E-state index contributed by atoms with van der Waals surface area (Å²) >= 11 is 0. The highest BCUT2D eigenvalue weighted by Gasteiger charge is 2.23. The average Bonchev–Trinajstić information content (AvgIpc) is 2.16. The molecule has 0 fully saturated rings. The van der Waals surface area contributed by atoms with Crippen LogP contribution in [0.3, 0.4) is 0 Å². The quantitative estimate of drug-likeness (QED) is 0.693. The summed E-state index contributed by atoms with van der Waals surface area (Å²) in [5.41, 5.74) is -0.326. The van der Waals surface area contributed by atoms with Crippen molar-refractivity contribution in [1.29, 1.82) is 0 Å². The number of amides is 1. The Bertz CT molecular complexity index is 225. The fourth-order valence-corrected chi connectivity index (χ4v) is 1.23. The molecule has 0 radical (unpaired) electrons. The zero-order chi connectivity index (χ0) is 12.8. The monoisotopic (exact) mass is 230 g/mol. The van der Waals surface area contributed by atoms with Crippen molar-refractivity contribution in [2.45, 2.75) is 51.7 Å². The lowest BCUT2D eigenvalue weighted by atomic mass is 10.0. The molecule has 16 heavy (non-hydrogen) atoms. The van der Waals surface area contributed by atoms with Crippen molar-refractivity contribution < 1.29 is 9.53 Å². The number of hydrogen-bond acceptors (Lipinski definition) is 3. The molecular weight excluding hydrogens is 204 g/mol. The van der Waals surface area contributed by atoms with Gasteiger partial charge in [-0.1, -0.05) is 0 Å². The van der Waals surface area contributed by atoms with Gasteiger partial charge in [0.1, 0.15) is 0 Å². The molecule has 0 rings (SSSR count). The second-order valence-electron chi connectivity index (χ2n) is 5.34. The van der Waals surface area contributed by atoms with E-state index >= 15 is 0 Å². The van der Waals surface area contributed by atoms with Gasteiger partial charge < -0.3 is 15.4 Å². The minimum atomic E-state index is -0.399. The highest BCUT2D eigenvalue weighted by atomic mass is 16.5. The Morgan fingerprint density at radius 3 is 2.19 bits per heavy atom. The molecule has 0 saturated carbocycles. The molecule has 0 saturated heterocycles. The maximum atomic E-state index is 11.2. The minimum Gasteiger partial charge on any atom is -0.375 e. The van der Waals surface area contributed by atoms with Crippen LogP contribution >= 0.6 is 0 Å². The fraction of sp³-hybridized carbons (Fsp3) is 0.917. The minimum absolute atomic E-state index is 0.0119. The Kier molecular flexibility index (Phi) is 5.97. The first kappa shape index (κ1) is 15.4. The second-order valence-corrected chi connectivity index (χ2v) is 5.34. The second kappa shape index (κ2) is 6.21. The van der Waals surface area contributed by atoms with Crippen molar-refractivity contribution in [3.05, 3.63) is 0 Å². The molecule has 0 atom stereocenters. The molecular formula is C12H26N2O2. The fourth-order valence-electron chi connectivity index (χ4n) is 1.23. The van der Waals surface area contributed by atoms with Gasteiger partial charge >= 0.3 is 0 Å².